The normalized spacial score (nSPS) is 10.5. The fourth-order valence-electron chi connectivity index (χ4n) is 2.77. The molecule has 0 atom stereocenters. The third-order valence-electron chi connectivity index (χ3n) is 4.06. The standard InChI is InChI=1S/C21H14N4O2/c26-14-15-5-3-7-17(11-15)25-21(27)18(16-6-4-9-22-13-16)12-20(24-25)19-8-1-2-10-23-19/h1-14H. The largest absolute Gasteiger partial charge is 0.298 e. The van der Waals surface area contributed by atoms with Gasteiger partial charge < -0.3 is 0 Å². The molecule has 0 aliphatic carbocycles. The van der Waals surface area contributed by atoms with Gasteiger partial charge in [0.15, 0.2) is 0 Å². The van der Waals surface area contributed by atoms with Crippen molar-refractivity contribution in [2.45, 2.75) is 0 Å². The molecule has 6 heteroatoms. The van der Waals surface area contributed by atoms with Crippen LogP contribution in [0.4, 0.5) is 0 Å². The Balaban J connectivity index is 2.00. The van der Waals surface area contributed by atoms with Gasteiger partial charge in [-0.15, -0.1) is 0 Å². The van der Waals surface area contributed by atoms with Crippen molar-refractivity contribution in [3.63, 3.8) is 0 Å². The molecule has 3 aromatic heterocycles. The Hall–Kier alpha value is -3.93. The Morgan fingerprint density at radius 2 is 1.81 bits per heavy atom. The molecule has 0 aliphatic rings. The molecular weight excluding hydrogens is 340 g/mol. The van der Waals surface area contributed by atoms with Gasteiger partial charge in [-0.25, -0.2) is 0 Å². The first-order valence-electron chi connectivity index (χ1n) is 8.28. The first-order valence-corrected chi connectivity index (χ1v) is 8.28. The number of nitrogens with zero attached hydrogens (tertiary/aromatic N) is 4. The highest BCUT2D eigenvalue weighted by Crippen LogP contribution is 2.21. The molecule has 0 amide bonds. The molecule has 0 bridgehead atoms. The molecule has 0 saturated carbocycles. The topological polar surface area (TPSA) is 77.7 Å². The van der Waals surface area contributed by atoms with Crippen LogP contribution in [0.2, 0.25) is 0 Å². The molecule has 3 heterocycles. The van der Waals surface area contributed by atoms with E-state index in [1.54, 1.807) is 55.0 Å². The summed E-state index contributed by atoms with van der Waals surface area (Å²) < 4.78 is 1.29. The maximum Gasteiger partial charge on any atom is 0.279 e. The predicted molar refractivity (Wildman–Crippen MR) is 102 cm³/mol. The molecule has 1 aromatic carbocycles. The molecule has 4 rings (SSSR count). The molecule has 4 aromatic rings. The number of pyridine rings is 2. The van der Waals surface area contributed by atoms with Gasteiger partial charge in [-0.2, -0.15) is 9.78 Å². The molecule has 0 N–H and O–H groups in total. The van der Waals surface area contributed by atoms with E-state index < -0.39 is 0 Å². The van der Waals surface area contributed by atoms with Crippen molar-refractivity contribution in [1.29, 1.82) is 0 Å². The third-order valence-corrected chi connectivity index (χ3v) is 4.06. The number of aldehydes is 1. The summed E-state index contributed by atoms with van der Waals surface area (Å²) in [6.45, 7) is 0. The van der Waals surface area contributed by atoms with Crippen LogP contribution < -0.4 is 5.56 Å². The lowest BCUT2D eigenvalue weighted by molar-refractivity contribution is 0.112. The number of carbonyl (C=O) groups is 1. The number of hydrogen-bond acceptors (Lipinski definition) is 5. The van der Waals surface area contributed by atoms with Crippen molar-refractivity contribution in [3.05, 3.63) is 95.2 Å². The highest BCUT2D eigenvalue weighted by Gasteiger charge is 2.14. The maximum absolute atomic E-state index is 13.1. The molecular formula is C21H14N4O2. The average Bonchev–Trinajstić information content (AvgIpc) is 2.75. The van der Waals surface area contributed by atoms with Crippen molar-refractivity contribution >= 4 is 6.29 Å². The number of benzene rings is 1. The van der Waals surface area contributed by atoms with Crippen LogP contribution in [-0.2, 0) is 0 Å². The fraction of sp³-hybridized carbons (Fsp3) is 0. The van der Waals surface area contributed by atoms with Crippen molar-refractivity contribution in [2.24, 2.45) is 0 Å². The van der Waals surface area contributed by atoms with Crippen molar-refractivity contribution in [1.82, 2.24) is 19.7 Å². The zero-order valence-electron chi connectivity index (χ0n) is 14.2. The highest BCUT2D eigenvalue weighted by molar-refractivity contribution is 5.76. The molecule has 0 saturated heterocycles. The number of aromatic nitrogens is 4. The van der Waals surface area contributed by atoms with Gasteiger partial charge in [0.05, 0.1) is 16.9 Å². The summed E-state index contributed by atoms with van der Waals surface area (Å²) in [5, 5.41) is 4.48. The highest BCUT2D eigenvalue weighted by atomic mass is 16.1. The number of hydrogen-bond donors (Lipinski definition) is 0. The van der Waals surface area contributed by atoms with Crippen LogP contribution in [0.25, 0.3) is 28.2 Å². The zero-order chi connectivity index (χ0) is 18.6. The second-order valence-electron chi connectivity index (χ2n) is 5.83. The van der Waals surface area contributed by atoms with E-state index in [4.69, 9.17) is 0 Å². The van der Waals surface area contributed by atoms with Crippen LogP contribution in [0, 0.1) is 0 Å². The fourth-order valence-corrected chi connectivity index (χ4v) is 2.77. The van der Waals surface area contributed by atoms with E-state index in [1.807, 2.05) is 24.3 Å². The molecule has 0 radical (unpaired) electrons. The van der Waals surface area contributed by atoms with E-state index in [-0.39, 0.29) is 5.56 Å². The summed E-state index contributed by atoms with van der Waals surface area (Å²) in [5.41, 5.74) is 3.00. The van der Waals surface area contributed by atoms with E-state index in [1.165, 1.54) is 4.68 Å². The Kier molecular flexibility index (Phi) is 4.37. The summed E-state index contributed by atoms with van der Waals surface area (Å²) in [5.74, 6) is 0. The maximum atomic E-state index is 13.1. The van der Waals surface area contributed by atoms with Crippen LogP contribution in [-0.4, -0.2) is 26.0 Å². The van der Waals surface area contributed by atoms with E-state index in [9.17, 15) is 9.59 Å². The SMILES string of the molecule is O=Cc1cccc(-n2nc(-c3ccccn3)cc(-c3cccnc3)c2=O)c1. The Bertz CT molecular complexity index is 1160. The van der Waals surface area contributed by atoms with Gasteiger partial charge in [-0.1, -0.05) is 24.3 Å². The third kappa shape index (κ3) is 3.28. The van der Waals surface area contributed by atoms with E-state index in [2.05, 4.69) is 15.1 Å². The number of carbonyl (C=O) groups excluding carboxylic acids is 1. The summed E-state index contributed by atoms with van der Waals surface area (Å²) in [4.78, 5) is 32.7. The second-order valence-corrected chi connectivity index (χ2v) is 5.83. The zero-order valence-corrected chi connectivity index (χ0v) is 14.2. The van der Waals surface area contributed by atoms with Crippen molar-refractivity contribution < 1.29 is 4.79 Å². The molecule has 0 aliphatic heterocycles. The van der Waals surface area contributed by atoms with Crippen molar-refractivity contribution in [3.8, 4) is 28.2 Å². The van der Waals surface area contributed by atoms with Gasteiger partial charge >= 0.3 is 0 Å². The van der Waals surface area contributed by atoms with Crippen LogP contribution in [0.3, 0.4) is 0 Å². The molecule has 6 nitrogen and oxygen atoms in total. The van der Waals surface area contributed by atoms with E-state index in [0.717, 1.165) is 6.29 Å². The van der Waals surface area contributed by atoms with Gasteiger partial charge in [-0.05, 0) is 36.4 Å². The number of rotatable bonds is 4. The summed E-state index contributed by atoms with van der Waals surface area (Å²) in [6.07, 6.45) is 5.68. The Labute approximate surface area is 154 Å². The van der Waals surface area contributed by atoms with Crippen LogP contribution in [0.1, 0.15) is 10.4 Å². The molecule has 27 heavy (non-hydrogen) atoms. The van der Waals surface area contributed by atoms with Crippen LogP contribution in [0.5, 0.6) is 0 Å². The minimum absolute atomic E-state index is 0.300. The Morgan fingerprint density at radius 1 is 0.889 bits per heavy atom. The summed E-state index contributed by atoms with van der Waals surface area (Å²) >= 11 is 0. The molecule has 0 spiro atoms. The van der Waals surface area contributed by atoms with E-state index >= 15 is 0 Å². The minimum Gasteiger partial charge on any atom is -0.298 e. The van der Waals surface area contributed by atoms with E-state index in [0.29, 0.717) is 33.8 Å². The monoisotopic (exact) mass is 354 g/mol. The van der Waals surface area contributed by atoms with Gasteiger partial charge in [0.1, 0.15) is 12.0 Å². The second kappa shape index (κ2) is 7.13. The molecule has 0 unspecified atom stereocenters. The van der Waals surface area contributed by atoms with Crippen LogP contribution in [0.15, 0.2) is 84.0 Å². The lowest BCUT2D eigenvalue weighted by atomic mass is 10.1. The summed E-state index contributed by atoms with van der Waals surface area (Å²) in [6, 6.07) is 17.5. The molecule has 0 fully saturated rings. The Morgan fingerprint density at radius 3 is 2.56 bits per heavy atom. The summed E-state index contributed by atoms with van der Waals surface area (Å²) in [7, 11) is 0. The van der Waals surface area contributed by atoms with Gasteiger partial charge in [-0.3, -0.25) is 19.6 Å². The van der Waals surface area contributed by atoms with Gasteiger partial charge in [0.2, 0.25) is 0 Å². The van der Waals surface area contributed by atoms with Crippen molar-refractivity contribution in [2.75, 3.05) is 0 Å². The lowest BCUT2D eigenvalue weighted by Gasteiger charge is -2.11. The first-order chi connectivity index (χ1) is 13.3. The minimum atomic E-state index is -0.300. The van der Waals surface area contributed by atoms with Gasteiger partial charge in [0, 0.05) is 29.7 Å². The quantitative estimate of drug-likeness (QED) is 0.526. The average molecular weight is 354 g/mol. The van der Waals surface area contributed by atoms with Crippen LogP contribution >= 0.6 is 0 Å². The molecule has 130 valence electrons. The van der Waals surface area contributed by atoms with Gasteiger partial charge in [0.25, 0.3) is 5.56 Å². The lowest BCUT2D eigenvalue weighted by Crippen LogP contribution is -2.23. The smallest absolute Gasteiger partial charge is 0.279 e. The first kappa shape index (κ1) is 16.5. The predicted octanol–water partition coefficient (Wildman–Crippen LogP) is 3.17.